The molecule has 15 heavy (non-hydrogen) atoms. The van der Waals surface area contributed by atoms with E-state index in [-0.39, 0.29) is 0 Å². The second-order valence-electron chi connectivity index (χ2n) is 3.80. The molecule has 2 nitrogen and oxygen atoms in total. The van der Waals surface area contributed by atoms with E-state index in [2.05, 4.69) is 35.4 Å². The van der Waals surface area contributed by atoms with Crippen LogP contribution in [-0.2, 0) is 6.42 Å². The fourth-order valence-electron chi connectivity index (χ4n) is 2.06. The predicted octanol–water partition coefficient (Wildman–Crippen LogP) is 3.09. The Bertz CT molecular complexity index is 502. The first-order chi connectivity index (χ1) is 7.36. The summed E-state index contributed by atoms with van der Waals surface area (Å²) in [5.74, 6) is 0. The molecule has 3 rings (SSSR count). The number of fused-ring (bicyclic) bond motifs is 3. The van der Waals surface area contributed by atoms with Gasteiger partial charge in [-0.1, -0.05) is 18.2 Å². The van der Waals surface area contributed by atoms with Gasteiger partial charge in [0.2, 0.25) is 0 Å². The number of para-hydroxylation sites is 1. The summed E-state index contributed by atoms with van der Waals surface area (Å²) < 4.78 is 0. The molecule has 76 valence electrons. The van der Waals surface area contributed by atoms with Crippen molar-refractivity contribution in [2.75, 3.05) is 11.9 Å². The van der Waals surface area contributed by atoms with Crippen molar-refractivity contribution in [3.63, 3.8) is 0 Å². The highest BCUT2D eigenvalue weighted by atomic mass is 32.1. The van der Waals surface area contributed by atoms with Crippen LogP contribution >= 0.6 is 11.3 Å². The average molecular weight is 216 g/mol. The molecule has 0 saturated heterocycles. The number of nitrogens with zero attached hydrogens (tertiary/aromatic N) is 1. The van der Waals surface area contributed by atoms with Gasteiger partial charge in [-0.05, 0) is 12.5 Å². The van der Waals surface area contributed by atoms with Crippen molar-refractivity contribution in [3.8, 4) is 10.4 Å². The monoisotopic (exact) mass is 216 g/mol. The van der Waals surface area contributed by atoms with Crippen LogP contribution in [0.1, 0.15) is 11.3 Å². The fraction of sp³-hybridized carbons (Fsp3) is 0.250. The second kappa shape index (κ2) is 3.35. The van der Waals surface area contributed by atoms with Crippen molar-refractivity contribution < 1.29 is 0 Å². The Hall–Kier alpha value is -1.35. The normalized spacial score (nSPS) is 13.7. The maximum Gasteiger partial charge on any atom is 0.0801 e. The molecule has 1 aliphatic heterocycles. The number of hydrogen-bond acceptors (Lipinski definition) is 3. The molecular formula is C12H12N2S. The van der Waals surface area contributed by atoms with Gasteiger partial charge in [-0.2, -0.15) is 0 Å². The number of rotatable bonds is 0. The molecule has 0 fully saturated rings. The largest absolute Gasteiger partial charge is 0.384 e. The zero-order chi connectivity index (χ0) is 10.3. The molecule has 1 aliphatic rings. The van der Waals surface area contributed by atoms with Crippen molar-refractivity contribution in [1.29, 1.82) is 0 Å². The summed E-state index contributed by atoms with van der Waals surface area (Å²) in [6.45, 7) is 3.13. The maximum atomic E-state index is 4.42. The van der Waals surface area contributed by atoms with Crippen molar-refractivity contribution in [2.24, 2.45) is 0 Å². The molecular weight excluding hydrogens is 204 g/mol. The summed E-state index contributed by atoms with van der Waals surface area (Å²) in [5.41, 5.74) is 7.08. The summed E-state index contributed by atoms with van der Waals surface area (Å²) in [7, 11) is 0. The van der Waals surface area contributed by atoms with Gasteiger partial charge in [-0.3, -0.25) is 0 Å². The first kappa shape index (κ1) is 8.92. The second-order valence-corrected chi connectivity index (χ2v) is 4.66. The maximum absolute atomic E-state index is 4.42. The molecule has 2 aromatic rings. The minimum absolute atomic E-state index is 0.981. The molecule has 0 spiro atoms. The summed E-state index contributed by atoms with van der Waals surface area (Å²) in [5, 5.41) is 3.49. The molecule has 0 saturated carbocycles. The molecule has 0 aliphatic carbocycles. The van der Waals surface area contributed by atoms with E-state index in [1.165, 1.54) is 27.4 Å². The van der Waals surface area contributed by atoms with E-state index in [9.17, 15) is 0 Å². The van der Waals surface area contributed by atoms with E-state index in [0.29, 0.717) is 0 Å². The van der Waals surface area contributed by atoms with Crippen LogP contribution in [0.5, 0.6) is 0 Å². The highest BCUT2D eigenvalue weighted by Gasteiger charge is 2.16. The lowest BCUT2D eigenvalue weighted by Crippen LogP contribution is -2.03. The molecule has 0 unspecified atom stereocenters. The van der Waals surface area contributed by atoms with Crippen molar-refractivity contribution in [1.82, 2.24) is 4.98 Å². The topological polar surface area (TPSA) is 24.9 Å². The highest BCUT2D eigenvalue weighted by Crippen LogP contribution is 2.37. The molecule has 1 aromatic heterocycles. The van der Waals surface area contributed by atoms with Crippen molar-refractivity contribution in [2.45, 2.75) is 13.3 Å². The van der Waals surface area contributed by atoms with Gasteiger partial charge in [-0.15, -0.1) is 11.3 Å². The van der Waals surface area contributed by atoms with Gasteiger partial charge in [0.15, 0.2) is 0 Å². The van der Waals surface area contributed by atoms with Crippen LogP contribution in [0.15, 0.2) is 23.7 Å². The summed E-state index contributed by atoms with van der Waals surface area (Å²) in [4.78, 5) is 5.76. The Kier molecular flexibility index (Phi) is 1.99. The van der Waals surface area contributed by atoms with Crippen LogP contribution in [0.4, 0.5) is 5.69 Å². The fourth-order valence-corrected chi connectivity index (χ4v) is 2.94. The third-order valence-corrected chi connectivity index (χ3v) is 3.72. The van der Waals surface area contributed by atoms with Gasteiger partial charge in [0.1, 0.15) is 0 Å². The van der Waals surface area contributed by atoms with Crippen LogP contribution in [0.25, 0.3) is 10.4 Å². The number of aromatic nitrogens is 1. The van der Waals surface area contributed by atoms with Crippen LogP contribution in [0.3, 0.4) is 0 Å². The zero-order valence-electron chi connectivity index (χ0n) is 8.58. The lowest BCUT2D eigenvalue weighted by Gasteiger charge is -2.10. The van der Waals surface area contributed by atoms with E-state index in [0.717, 1.165) is 13.0 Å². The highest BCUT2D eigenvalue weighted by molar-refractivity contribution is 7.13. The van der Waals surface area contributed by atoms with Crippen LogP contribution in [-0.4, -0.2) is 11.5 Å². The number of aryl methyl sites for hydroxylation is 1. The first-order valence-corrected chi connectivity index (χ1v) is 6.00. The quantitative estimate of drug-likeness (QED) is 0.732. The van der Waals surface area contributed by atoms with Crippen molar-refractivity contribution >= 4 is 17.0 Å². The number of thiazole rings is 1. The van der Waals surface area contributed by atoms with Gasteiger partial charge < -0.3 is 5.32 Å². The van der Waals surface area contributed by atoms with E-state index in [1.54, 1.807) is 11.3 Å². The molecule has 1 aromatic carbocycles. The lowest BCUT2D eigenvalue weighted by atomic mass is 10.1. The third-order valence-electron chi connectivity index (χ3n) is 2.82. The molecule has 0 amide bonds. The summed E-state index contributed by atoms with van der Waals surface area (Å²) in [6.07, 6.45) is 1.02. The van der Waals surface area contributed by atoms with E-state index in [1.807, 2.05) is 5.51 Å². The van der Waals surface area contributed by atoms with E-state index in [4.69, 9.17) is 0 Å². The van der Waals surface area contributed by atoms with Crippen molar-refractivity contribution in [3.05, 3.63) is 35.0 Å². The Morgan fingerprint density at radius 2 is 2.33 bits per heavy atom. The van der Waals surface area contributed by atoms with Gasteiger partial charge in [0.05, 0.1) is 16.1 Å². The smallest absolute Gasteiger partial charge is 0.0801 e. The average Bonchev–Trinajstić information content (AvgIpc) is 2.62. The van der Waals surface area contributed by atoms with Gasteiger partial charge >= 0.3 is 0 Å². The number of anilines is 1. The Balaban J connectivity index is 2.29. The molecule has 1 N–H and O–H groups in total. The predicted molar refractivity (Wildman–Crippen MR) is 64.5 cm³/mol. The molecule has 0 atom stereocenters. The molecule has 2 heterocycles. The zero-order valence-corrected chi connectivity index (χ0v) is 9.40. The standard InChI is InChI=1S/C12H12N2S/c1-8-3-2-4-9-11(8)13-6-5-10-12(9)15-7-14-10/h2-4,7,13H,5-6H2,1H3. The van der Waals surface area contributed by atoms with Gasteiger partial charge in [-0.25, -0.2) is 4.98 Å². The number of benzene rings is 1. The minimum Gasteiger partial charge on any atom is -0.384 e. The SMILES string of the molecule is Cc1cccc2c1NCCc1ncsc1-2. The van der Waals surface area contributed by atoms with E-state index < -0.39 is 0 Å². The summed E-state index contributed by atoms with van der Waals surface area (Å²) in [6, 6.07) is 6.44. The molecule has 0 bridgehead atoms. The molecule has 0 radical (unpaired) electrons. The Morgan fingerprint density at radius 3 is 3.27 bits per heavy atom. The van der Waals surface area contributed by atoms with Gasteiger partial charge in [0, 0.05) is 24.2 Å². The Labute approximate surface area is 93.0 Å². The molecule has 3 heteroatoms. The minimum atomic E-state index is 0.981. The first-order valence-electron chi connectivity index (χ1n) is 5.12. The van der Waals surface area contributed by atoms with Crippen LogP contribution < -0.4 is 5.32 Å². The third kappa shape index (κ3) is 1.35. The van der Waals surface area contributed by atoms with Crippen LogP contribution in [0.2, 0.25) is 0 Å². The Morgan fingerprint density at radius 1 is 1.40 bits per heavy atom. The lowest BCUT2D eigenvalue weighted by molar-refractivity contribution is 0.988. The van der Waals surface area contributed by atoms with E-state index >= 15 is 0 Å². The number of hydrogen-bond donors (Lipinski definition) is 1. The summed E-state index contributed by atoms with van der Waals surface area (Å²) >= 11 is 1.74. The number of nitrogens with one attached hydrogen (secondary N) is 1. The van der Waals surface area contributed by atoms with Gasteiger partial charge in [0.25, 0.3) is 0 Å². The van der Waals surface area contributed by atoms with Crippen LogP contribution in [0, 0.1) is 6.92 Å².